The van der Waals surface area contributed by atoms with Gasteiger partial charge in [-0.15, -0.1) is 0 Å². The number of rotatable bonds is 4. The van der Waals surface area contributed by atoms with Crippen molar-refractivity contribution in [2.45, 2.75) is 43.5 Å². The molecule has 2 N–H and O–H groups in total. The van der Waals surface area contributed by atoms with Gasteiger partial charge in [-0.1, -0.05) is 17.7 Å². The first-order valence-corrected chi connectivity index (χ1v) is 8.67. The molecular formula is C14H18ClNO4S. The molecule has 0 atom stereocenters. The minimum Gasteiger partial charge on any atom is -0.481 e. The highest BCUT2D eigenvalue weighted by Crippen LogP contribution is 2.27. The first-order chi connectivity index (χ1) is 9.79. The Balaban J connectivity index is 2.09. The van der Waals surface area contributed by atoms with E-state index in [1.807, 2.05) is 0 Å². The number of carboxylic acid groups (broad SMARTS) is 1. The summed E-state index contributed by atoms with van der Waals surface area (Å²) in [7, 11) is -3.68. The van der Waals surface area contributed by atoms with E-state index in [1.165, 1.54) is 6.07 Å². The van der Waals surface area contributed by atoms with Crippen molar-refractivity contribution in [1.29, 1.82) is 0 Å². The van der Waals surface area contributed by atoms with Crippen LogP contribution in [0.15, 0.2) is 23.1 Å². The van der Waals surface area contributed by atoms with Crippen molar-refractivity contribution in [3.8, 4) is 0 Å². The van der Waals surface area contributed by atoms with Crippen LogP contribution in [0.5, 0.6) is 0 Å². The van der Waals surface area contributed by atoms with Gasteiger partial charge in [0.15, 0.2) is 0 Å². The van der Waals surface area contributed by atoms with Crippen molar-refractivity contribution in [3.63, 3.8) is 0 Å². The number of aryl methyl sites for hydroxylation is 1. The molecule has 2 rings (SSSR count). The van der Waals surface area contributed by atoms with Crippen LogP contribution in [-0.2, 0) is 14.8 Å². The first kappa shape index (κ1) is 16.3. The molecule has 116 valence electrons. The molecule has 0 bridgehead atoms. The number of carboxylic acids is 1. The molecule has 1 aromatic rings. The van der Waals surface area contributed by atoms with Crippen molar-refractivity contribution >= 4 is 27.6 Å². The van der Waals surface area contributed by atoms with Crippen molar-refractivity contribution in [1.82, 2.24) is 4.72 Å². The van der Waals surface area contributed by atoms with Gasteiger partial charge in [0, 0.05) is 6.04 Å². The molecule has 0 saturated heterocycles. The third-order valence-electron chi connectivity index (χ3n) is 3.77. The normalized spacial score (nSPS) is 23.0. The summed E-state index contributed by atoms with van der Waals surface area (Å²) in [5.41, 5.74) is 0.814. The molecule has 21 heavy (non-hydrogen) atoms. The lowest BCUT2D eigenvalue weighted by molar-refractivity contribution is -0.142. The Morgan fingerprint density at radius 2 is 1.90 bits per heavy atom. The number of sulfonamides is 1. The predicted molar refractivity (Wildman–Crippen MR) is 79.9 cm³/mol. The molecule has 0 spiro atoms. The Hall–Kier alpha value is -1.11. The van der Waals surface area contributed by atoms with E-state index in [-0.39, 0.29) is 21.9 Å². The summed E-state index contributed by atoms with van der Waals surface area (Å²) in [6.07, 6.45) is 2.04. The third kappa shape index (κ3) is 3.96. The maximum absolute atomic E-state index is 12.4. The van der Waals surface area contributed by atoms with Crippen LogP contribution < -0.4 is 4.72 Å². The van der Waals surface area contributed by atoms with Crippen molar-refractivity contribution in [3.05, 3.63) is 28.8 Å². The molecule has 7 heteroatoms. The van der Waals surface area contributed by atoms with Gasteiger partial charge in [-0.2, -0.15) is 0 Å². The molecular weight excluding hydrogens is 314 g/mol. The van der Waals surface area contributed by atoms with Crippen LogP contribution >= 0.6 is 11.6 Å². The van der Waals surface area contributed by atoms with Crippen molar-refractivity contribution in [2.24, 2.45) is 5.92 Å². The molecule has 1 aliphatic carbocycles. The second-order valence-electron chi connectivity index (χ2n) is 5.44. The smallest absolute Gasteiger partial charge is 0.306 e. The summed E-state index contributed by atoms with van der Waals surface area (Å²) in [5, 5.41) is 9.13. The maximum Gasteiger partial charge on any atom is 0.306 e. The Labute approximate surface area is 129 Å². The summed E-state index contributed by atoms with van der Waals surface area (Å²) in [4.78, 5) is 11.0. The van der Waals surface area contributed by atoms with Gasteiger partial charge in [0.05, 0.1) is 10.9 Å². The molecule has 1 fully saturated rings. The second-order valence-corrected chi connectivity index (χ2v) is 7.53. The summed E-state index contributed by atoms with van der Waals surface area (Å²) >= 11 is 5.97. The predicted octanol–water partition coefficient (Wildman–Crippen LogP) is 2.57. The standard InChI is InChI=1S/C14H18ClNO4S/c1-9-2-7-12(15)13(8-9)21(19,20)16-11-5-3-10(4-6-11)14(17)18/h2,7-8,10-11,16H,3-6H2,1H3,(H,17,18). The van der Waals surface area contributed by atoms with Gasteiger partial charge in [-0.05, 0) is 50.3 Å². The zero-order chi connectivity index (χ0) is 15.6. The number of hydrogen-bond donors (Lipinski definition) is 2. The fourth-order valence-corrected chi connectivity index (χ4v) is 4.45. The van der Waals surface area contributed by atoms with Crippen LogP contribution in [0.2, 0.25) is 5.02 Å². The molecule has 0 unspecified atom stereocenters. The van der Waals surface area contributed by atoms with Crippen LogP contribution in [0.4, 0.5) is 0 Å². The zero-order valence-corrected chi connectivity index (χ0v) is 13.2. The van der Waals surface area contributed by atoms with E-state index >= 15 is 0 Å². The number of aliphatic carboxylic acids is 1. The molecule has 1 aliphatic rings. The minimum absolute atomic E-state index is 0.0736. The summed E-state index contributed by atoms with van der Waals surface area (Å²) in [6.45, 7) is 1.80. The Morgan fingerprint density at radius 1 is 1.29 bits per heavy atom. The molecule has 1 aromatic carbocycles. The SMILES string of the molecule is Cc1ccc(Cl)c(S(=O)(=O)NC2CCC(C(=O)O)CC2)c1. The zero-order valence-electron chi connectivity index (χ0n) is 11.7. The Kier molecular flexibility index (Phi) is 4.91. The van der Waals surface area contributed by atoms with E-state index in [4.69, 9.17) is 16.7 Å². The van der Waals surface area contributed by atoms with E-state index in [2.05, 4.69) is 4.72 Å². The molecule has 0 aromatic heterocycles. The lowest BCUT2D eigenvalue weighted by Crippen LogP contribution is -2.38. The molecule has 0 radical (unpaired) electrons. The molecule has 0 heterocycles. The Bertz CT molecular complexity index is 636. The lowest BCUT2D eigenvalue weighted by atomic mass is 9.87. The topological polar surface area (TPSA) is 83.5 Å². The highest BCUT2D eigenvalue weighted by atomic mass is 35.5. The third-order valence-corrected chi connectivity index (χ3v) is 5.78. The molecule has 5 nitrogen and oxygen atoms in total. The van der Waals surface area contributed by atoms with Gasteiger partial charge < -0.3 is 5.11 Å². The summed E-state index contributed by atoms with van der Waals surface area (Å²) in [5.74, 6) is -1.17. The molecule has 1 saturated carbocycles. The number of carbonyl (C=O) groups is 1. The fraction of sp³-hybridized carbons (Fsp3) is 0.500. The first-order valence-electron chi connectivity index (χ1n) is 6.81. The van der Waals surface area contributed by atoms with Crippen LogP contribution in [0, 0.1) is 12.8 Å². The van der Waals surface area contributed by atoms with E-state index in [9.17, 15) is 13.2 Å². The summed E-state index contributed by atoms with van der Waals surface area (Å²) < 4.78 is 27.4. The molecule has 0 amide bonds. The number of hydrogen-bond acceptors (Lipinski definition) is 3. The second kappa shape index (κ2) is 6.34. The van der Waals surface area contributed by atoms with Crippen LogP contribution in [0.3, 0.4) is 0 Å². The van der Waals surface area contributed by atoms with Crippen LogP contribution in [-0.4, -0.2) is 25.5 Å². The van der Waals surface area contributed by atoms with Gasteiger partial charge in [0.2, 0.25) is 10.0 Å². The number of benzene rings is 1. The molecule has 0 aliphatic heterocycles. The average molecular weight is 332 g/mol. The van der Waals surface area contributed by atoms with Gasteiger partial charge in [0.25, 0.3) is 0 Å². The quantitative estimate of drug-likeness (QED) is 0.888. The highest BCUT2D eigenvalue weighted by molar-refractivity contribution is 7.89. The monoisotopic (exact) mass is 331 g/mol. The number of halogens is 1. The van der Waals surface area contributed by atoms with E-state index in [0.29, 0.717) is 25.7 Å². The van der Waals surface area contributed by atoms with Crippen molar-refractivity contribution in [2.75, 3.05) is 0 Å². The van der Waals surface area contributed by atoms with E-state index in [1.54, 1.807) is 19.1 Å². The minimum atomic E-state index is -3.68. The van der Waals surface area contributed by atoms with Gasteiger partial charge >= 0.3 is 5.97 Å². The highest BCUT2D eigenvalue weighted by Gasteiger charge is 2.29. The number of nitrogens with one attached hydrogen (secondary N) is 1. The Morgan fingerprint density at radius 3 is 2.48 bits per heavy atom. The van der Waals surface area contributed by atoms with Crippen LogP contribution in [0.25, 0.3) is 0 Å². The van der Waals surface area contributed by atoms with Crippen LogP contribution in [0.1, 0.15) is 31.2 Å². The van der Waals surface area contributed by atoms with E-state index < -0.39 is 16.0 Å². The van der Waals surface area contributed by atoms with Gasteiger partial charge in [-0.3, -0.25) is 4.79 Å². The lowest BCUT2D eigenvalue weighted by Gasteiger charge is -2.26. The largest absolute Gasteiger partial charge is 0.481 e. The van der Waals surface area contributed by atoms with Gasteiger partial charge in [0.1, 0.15) is 4.90 Å². The average Bonchev–Trinajstić information content (AvgIpc) is 2.41. The summed E-state index contributed by atoms with van der Waals surface area (Å²) in [6, 6.07) is 4.61. The van der Waals surface area contributed by atoms with Gasteiger partial charge in [-0.25, -0.2) is 13.1 Å². The van der Waals surface area contributed by atoms with Crippen molar-refractivity contribution < 1.29 is 18.3 Å². The fourth-order valence-electron chi connectivity index (χ4n) is 2.56. The maximum atomic E-state index is 12.4. The van der Waals surface area contributed by atoms with E-state index in [0.717, 1.165) is 5.56 Å².